The molecule has 2 aromatic carbocycles. The third-order valence-corrected chi connectivity index (χ3v) is 3.76. The zero-order valence-corrected chi connectivity index (χ0v) is 15.5. The Kier molecular flexibility index (Phi) is 6.64. The maximum Gasteiger partial charge on any atom is 0.344 e. The fourth-order valence-electron chi connectivity index (χ4n) is 2.36. The van der Waals surface area contributed by atoms with Gasteiger partial charge in [-0.3, -0.25) is 14.9 Å². The zero-order valence-electron chi connectivity index (χ0n) is 15.5. The summed E-state index contributed by atoms with van der Waals surface area (Å²) in [7, 11) is 0. The van der Waals surface area contributed by atoms with Crippen molar-refractivity contribution in [1.29, 1.82) is 0 Å². The number of aryl methyl sites for hydroxylation is 2. The molecule has 28 heavy (non-hydrogen) atoms. The number of nitrogens with one attached hydrogen (secondary N) is 1. The summed E-state index contributed by atoms with van der Waals surface area (Å²) in [6.45, 7) is 4.72. The highest BCUT2D eigenvalue weighted by Gasteiger charge is 2.20. The number of carbonyl (C=O) groups is 2. The van der Waals surface area contributed by atoms with Gasteiger partial charge in [0.2, 0.25) is 5.82 Å². The van der Waals surface area contributed by atoms with Gasteiger partial charge in [-0.1, -0.05) is 17.7 Å². The quantitative estimate of drug-likeness (QED) is 0.441. The highest BCUT2D eigenvalue weighted by Crippen LogP contribution is 2.22. The molecule has 1 N–H and O–H groups in total. The van der Waals surface area contributed by atoms with E-state index >= 15 is 0 Å². The first kappa shape index (κ1) is 20.8. The smallest absolute Gasteiger partial charge is 0.344 e. The molecule has 2 rings (SSSR count). The predicted octanol–water partition coefficient (Wildman–Crippen LogP) is 3.30. The topological polar surface area (TPSA) is 108 Å². The van der Waals surface area contributed by atoms with Crippen LogP contribution in [-0.2, 0) is 14.3 Å². The van der Waals surface area contributed by atoms with Gasteiger partial charge in [-0.25, -0.2) is 4.79 Å². The number of ether oxygens (including phenoxy) is 2. The van der Waals surface area contributed by atoms with E-state index in [0.29, 0.717) is 5.75 Å². The third-order valence-electron chi connectivity index (χ3n) is 3.76. The lowest BCUT2D eigenvalue weighted by Gasteiger charge is -2.14. The van der Waals surface area contributed by atoms with E-state index in [1.54, 1.807) is 6.07 Å². The van der Waals surface area contributed by atoms with Gasteiger partial charge in [0.25, 0.3) is 5.91 Å². The minimum atomic E-state index is -1.18. The Morgan fingerprint density at radius 2 is 1.93 bits per heavy atom. The highest BCUT2D eigenvalue weighted by atomic mass is 19.1. The van der Waals surface area contributed by atoms with Gasteiger partial charge in [0.05, 0.1) is 4.92 Å². The fraction of sp³-hybridized carbons (Fsp3) is 0.263. The van der Waals surface area contributed by atoms with Crippen LogP contribution in [0.25, 0.3) is 0 Å². The van der Waals surface area contributed by atoms with Crippen LogP contribution in [0.1, 0.15) is 18.1 Å². The molecular weight excluding hydrogens is 371 g/mol. The van der Waals surface area contributed by atoms with Gasteiger partial charge >= 0.3 is 11.7 Å². The third kappa shape index (κ3) is 5.50. The molecule has 0 saturated carbocycles. The minimum Gasteiger partial charge on any atom is -0.482 e. The van der Waals surface area contributed by atoms with Crippen molar-refractivity contribution in [3.8, 4) is 5.75 Å². The van der Waals surface area contributed by atoms with E-state index in [1.807, 2.05) is 26.0 Å². The summed E-state index contributed by atoms with van der Waals surface area (Å²) in [5, 5.41) is 13.1. The number of amides is 1. The molecule has 0 aliphatic rings. The molecule has 0 saturated heterocycles. The second-order valence-electron chi connectivity index (χ2n) is 6.10. The first-order valence-corrected chi connectivity index (χ1v) is 8.31. The van der Waals surface area contributed by atoms with Crippen LogP contribution in [0.4, 0.5) is 15.8 Å². The van der Waals surface area contributed by atoms with Gasteiger partial charge in [-0.2, -0.15) is 4.39 Å². The number of benzene rings is 2. The number of carbonyl (C=O) groups excluding carboxylic acids is 2. The molecule has 1 amide bonds. The minimum absolute atomic E-state index is 0.00697. The van der Waals surface area contributed by atoms with Gasteiger partial charge in [-0.15, -0.1) is 0 Å². The van der Waals surface area contributed by atoms with Crippen LogP contribution < -0.4 is 10.1 Å². The Balaban J connectivity index is 1.90. The molecule has 8 nitrogen and oxygen atoms in total. The largest absolute Gasteiger partial charge is 0.482 e. The average Bonchev–Trinajstić information content (AvgIpc) is 2.62. The summed E-state index contributed by atoms with van der Waals surface area (Å²) in [5.41, 5.74) is 1.15. The lowest BCUT2D eigenvalue weighted by atomic mass is 10.1. The number of anilines is 1. The van der Waals surface area contributed by atoms with Crippen molar-refractivity contribution in [3.63, 3.8) is 0 Å². The van der Waals surface area contributed by atoms with E-state index in [1.165, 1.54) is 6.92 Å². The molecule has 0 aromatic heterocycles. The van der Waals surface area contributed by atoms with Crippen molar-refractivity contribution in [2.24, 2.45) is 0 Å². The Hall–Kier alpha value is -3.49. The summed E-state index contributed by atoms with van der Waals surface area (Å²) < 4.78 is 23.7. The van der Waals surface area contributed by atoms with E-state index in [4.69, 9.17) is 9.47 Å². The number of rotatable bonds is 7. The monoisotopic (exact) mass is 390 g/mol. The van der Waals surface area contributed by atoms with E-state index < -0.39 is 34.4 Å². The van der Waals surface area contributed by atoms with Crippen LogP contribution in [0.5, 0.6) is 5.75 Å². The average molecular weight is 390 g/mol. The van der Waals surface area contributed by atoms with Gasteiger partial charge in [-0.05, 0) is 44.5 Å². The second-order valence-corrected chi connectivity index (χ2v) is 6.10. The van der Waals surface area contributed by atoms with Crippen molar-refractivity contribution in [2.75, 3.05) is 11.9 Å². The van der Waals surface area contributed by atoms with Crippen LogP contribution in [0, 0.1) is 29.8 Å². The summed E-state index contributed by atoms with van der Waals surface area (Å²) in [5.74, 6) is -1.97. The predicted molar refractivity (Wildman–Crippen MR) is 98.6 cm³/mol. The number of nitrogens with zero attached hydrogens (tertiary/aromatic N) is 1. The normalized spacial score (nSPS) is 11.4. The standard InChI is InChI=1S/C19H19FN2O6/c1-11-4-7-17(12(2)8-11)27-10-18(23)28-13(3)19(24)21-14-5-6-15(20)16(9-14)22(25)26/h4-9,13H,10H2,1-3H3,(H,21,24)/t13-/m0/s1. The first-order valence-electron chi connectivity index (χ1n) is 8.31. The zero-order chi connectivity index (χ0) is 20.8. The van der Waals surface area contributed by atoms with Crippen LogP contribution in [0.15, 0.2) is 36.4 Å². The van der Waals surface area contributed by atoms with Crippen molar-refractivity contribution in [2.45, 2.75) is 26.9 Å². The van der Waals surface area contributed by atoms with Gasteiger partial charge in [0.15, 0.2) is 12.7 Å². The lowest BCUT2D eigenvalue weighted by molar-refractivity contribution is -0.387. The molecule has 1 atom stereocenters. The molecule has 0 aliphatic carbocycles. The molecule has 0 bridgehead atoms. The molecule has 9 heteroatoms. The number of halogens is 1. The molecule has 0 heterocycles. The van der Waals surface area contributed by atoms with Crippen LogP contribution in [0.3, 0.4) is 0 Å². The van der Waals surface area contributed by atoms with Crippen molar-refractivity contribution >= 4 is 23.3 Å². The summed E-state index contributed by atoms with van der Waals surface area (Å²) in [6, 6.07) is 8.38. The van der Waals surface area contributed by atoms with Crippen LogP contribution in [0.2, 0.25) is 0 Å². The Morgan fingerprint density at radius 1 is 1.21 bits per heavy atom. The molecule has 2 aromatic rings. The lowest BCUT2D eigenvalue weighted by Crippen LogP contribution is -2.31. The molecule has 148 valence electrons. The highest BCUT2D eigenvalue weighted by molar-refractivity contribution is 5.95. The summed E-state index contributed by atoms with van der Waals surface area (Å²) >= 11 is 0. The number of nitro groups is 1. The van der Waals surface area contributed by atoms with Gasteiger partial charge < -0.3 is 14.8 Å². The van der Waals surface area contributed by atoms with E-state index in [0.717, 1.165) is 29.3 Å². The first-order chi connectivity index (χ1) is 13.2. The van der Waals surface area contributed by atoms with Crippen LogP contribution in [-0.4, -0.2) is 29.5 Å². The summed E-state index contributed by atoms with van der Waals surface area (Å²) in [6.07, 6.45) is -1.18. The maximum absolute atomic E-state index is 13.3. The Labute approximate surface area is 160 Å². The van der Waals surface area contributed by atoms with Gasteiger partial charge in [0, 0.05) is 11.8 Å². The summed E-state index contributed by atoms with van der Waals surface area (Å²) in [4.78, 5) is 33.8. The molecule has 0 unspecified atom stereocenters. The fourth-order valence-corrected chi connectivity index (χ4v) is 2.36. The van der Waals surface area contributed by atoms with Crippen molar-refractivity contribution in [3.05, 3.63) is 63.5 Å². The van der Waals surface area contributed by atoms with E-state index in [2.05, 4.69) is 5.32 Å². The number of hydrogen-bond donors (Lipinski definition) is 1. The SMILES string of the molecule is Cc1ccc(OCC(=O)O[C@@H](C)C(=O)Nc2ccc(F)c([N+](=O)[O-])c2)c(C)c1. The molecule has 0 spiro atoms. The van der Waals surface area contributed by atoms with E-state index in [9.17, 15) is 24.1 Å². The number of nitro benzene ring substituents is 1. The number of hydrogen-bond acceptors (Lipinski definition) is 6. The second kappa shape index (κ2) is 8.94. The van der Waals surface area contributed by atoms with Crippen molar-refractivity contribution < 1.29 is 28.4 Å². The molecule has 0 fully saturated rings. The Morgan fingerprint density at radius 3 is 2.57 bits per heavy atom. The molecule has 0 aliphatic heterocycles. The molecule has 0 radical (unpaired) electrons. The molecular formula is C19H19FN2O6. The van der Waals surface area contributed by atoms with Gasteiger partial charge in [0.1, 0.15) is 5.75 Å². The van der Waals surface area contributed by atoms with Crippen molar-refractivity contribution in [1.82, 2.24) is 0 Å². The number of esters is 1. The van der Waals surface area contributed by atoms with E-state index in [-0.39, 0.29) is 12.3 Å². The Bertz CT molecular complexity index is 915. The maximum atomic E-state index is 13.3. The van der Waals surface area contributed by atoms with Crippen LogP contribution >= 0.6 is 0 Å².